The molecule has 2 heterocycles. The number of alkyl halides is 2. The molecule has 0 aromatic carbocycles. The van der Waals surface area contributed by atoms with E-state index in [9.17, 15) is 17.6 Å². The molecule has 0 bridgehead atoms. The number of aromatic nitrogens is 1. The molecule has 150 valence electrons. The number of fused-ring (bicyclic) bond motifs is 1. The summed E-state index contributed by atoms with van der Waals surface area (Å²) in [6, 6.07) is 1.31. The van der Waals surface area contributed by atoms with E-state index in [0.717, 1.165) is 19.4 Å². The number of allylic oxidation sites excluding steroid dienone is 4. The van der Waals surface area contributed by atoms with E-state index in [2.05, 4.69) is 28.5 Å². The lowest BCUT2D eigenvalue weighted by molar-refractivity contribution is 0.0227. The zero-order chi connectivity index (χ0) is 21.0. The van der Waals surface area contributed by atoms with Gasteiger partial charge in [-0.05, 0) is 24.6 Å². The van der Waals surface area contributed by atoms with Crippen LogP contribution in [0.1, 0.15) is 18.4 Å². The topological polar surface area (TPSA) is 66.5 Å². The lowest BCUT2D eigenvalue weighted by Gasteiger charge is -2.14. The van der Waals surface area contributed by atoms with Gasteiger partial charge in [0.15, 0.2) is 5.83 Å². The Morgan fingerprint density at radius 1 is 1.46 bits per heavy atom. The van der Waals surface area contributed by atoms with Crippen LogP contribution < -0.4 is 11.1 Å². The van der Waals surface area contributed by atoms with E-state index >= 15 is 0 Å². The second-order valence-electron chi connectivity index (χ2n) is 6.26. The first-order valence-electron chi connectivity index (χ1n) is 8.28. The van der Waals surface area contributed by atoms with Crippen LogP contribution in [0.15, 0.2) is 65.5 Å². The minimum Gasteiger partial charge on any atom is -0.400 e. The van der Waals surface area contributed by atoms with Gasteiger partial charge in [-0.3, -0.25) is 0 Å². The van der Waals surface area contributed by atoms with Crippen molar-refractivity contribution in [2.45, 2.75) is 19.4 Å². The summed E-state index contributed by atoms with van der Waals surface area (Å²) in [7, 11) is 1.16. The fourth-order valence-corrected chi connectivity index (χ4v) is 2.50. The van der Waals surface area contributed by atoms with Gasteiger partial charge in [-0.15, -0.1) is 0 Å². The van der Waals surface area contributed by atoms with E-state index in [0.29, 0.717) is 22.8 Å². The average molecular weight is 395 g/mol. The first-order valence-corrected chi connectivity index (χ1v) is 8.28. The Balaban J connectivity index is 2.36. The summed E-state index contributed by atoms with van der Waals surface area (Å²) in [5.74, 6) is -1.32. The number of rotatable bonds is 7. The highest BCUT2D eigenvalue weighted by Crippen LogP contribution is 2.35. The van der Waals surface area contributed by atoms with Crippen molar-refractivity contribution in [3.63, 3.8) is 0 Å². The van der Waals surface area contributed by atoms with E-state index in [4.69, 9.17) is 5.73 Å². The standard InChI is InChI=1S/C19H21F4N5/c1-10(5-6-28(4)19(22)23)17(16(21)11(2)24)27-12(3)15-9-26-18-14(15)7-13(20)8-25-18/h5-8,15,19H,1,3,9,24H2,2,4H3,(H,25,26)/b6-5-,16-11-,27-17-. The largest absolute Gasteiger partial charge is 0.400 e. The average Bonchev–Trinajstić information content (AvgIpc) is 3.05. The van der Waals surface area contributed by atoms with E-state index < -0.39 is 24.1 Å². The van der Waals surface area contributed by atoms with Crippen LogP contribution >= 0.6 is 0 Å². The Morgan fingerprint density at radius 3 is 2.75 bits per heavy atom. The SMILES string of the molecule is C=C(/C=C\N(C)C(F)F)C(=N/C(=C)C1CNc2ncc(F)cc21)/C(F)=C(\C)N. The molecule has 9 heteroatoms. The molecule has 1 atom stereocenters. The summed E-state index contributed by atoms with van der Waals surface area (Å²) in [6.07, 6.45) is 3.33. The normalized spacial score (nSPS) is 17.4. The highest BCUT2D eigenvalue weighted by molar-refractivity contribution is 6.13. The molecule has 28 heavy (non-hydrogen) atoms. The molecular weight excluding hydrogens is 374 g/mol. The third-order valence-corrected chi connectivity index (χ3v) is 4.07. The number of nitrogens with zero attached hydrogens (tertiary/aromatic N) is 3. The van der Waals surface area contributed by atoms with Gasteiger partial charge in [-0.2, -0.15) is 8.78 Å². The molecule has 0 amide bonds. The molecule has 0 spiro atoms. The third kappa shape index (κ3) is 4.79. The van der Waals surface area contributed by atoms with Crippen molar-refractivity contribution >= 4 is 11.5 Å². The fourth-order valence-electron chi connectivity index (χ4n) is 2.50. The Morgan fingerprint density at radius 2 is 2.14 bits per heavy atom. The summed E-state index contributed by atoms with van der Waals surface area (Å²) < 4.78 is 53.3. The van der Waals surface area contributed by atoms with E-state index in [-0.39, 0.29) is 22.7 Å². The molecule has 0 aliphatic carbocycles. The zero-order valence-electron chi connectivity index (χ0n) is 15.5. The number of nitrogens with two attached hydrogens (primary N) is 1. The molecular formula is C19H21F4N5. The van der Waals surface area contributed by atoms with Gasteiger partial charge in [0.25, 0.3) is 0 Å². The second kappa shape index (κ2) is 8.73. The van der Waals surface area contributed by atoms with Crippen LogP contribution in [-0.2, 0) is 0 Å². The minimum absolute atomic E-state index is 0.0273. The number of pyridine rings is 1. The Bertz CT molecular complexity index is 869. The maximum atomic E-state index is 14.6. The molecule has 1 aromatic heterocycles. The van der Waals surface area contributed by atoms with Crippen LogP contribution in [0.2, 0.25) is 0 Å². The first-order chi connectivity index (χ1) is 13.1. The maximum absolute atomic E-state index is 14.6. The van der Waals surface area contributed by atoms with Crippen molar-refractivity contribution < 1.29 is 17.6 Å². The predicted molar refractivity (Wildman–Crippen MR) is 102 cm³/mol. The molecule has 0 radical (unpaired) electrons. The Hall–Kier alpha value is -3.10. The summed E-state index contributed by atoms with van der Waals surface area (Å²) in [6.45, 7) is 6.49. The number of halogens is 4. The highest BCUT2D eigenvalue weighted by atomic mass is 19.3. The molecule has 0 saturated carbocycles. The molecule has 1 unspecified atom stereocenters. The highest BCUT2D eigenvalue weighted by Gasteiger charge is 2.27. The predicted octanol–water partition coefficient (Wildman–Crippen LogP) is 4.07. The second-order valence-corrected chi connectivity index (χ2v) is 6.26. The van der Waals surface area contributed by atoms with E-state index in [1.54, 1.807) is 0 Å². The molecule has 0 saturated heterocycles. The summed E-state index contributed by atoms with van der Waals surface area (Å²) in [5.41, 5.74) is 5.94. The van der Waals surface area contributed by atoms with Crippen LogP contribution in [-0.4, -0.2) is 35.7 Å². The molecule has 0 fully saturated rings. The number of anilines is 1. The van der Waals surface area contributed by atoms with Crippen molar-refractivity contribution in [2.24, 2.45) is 10.7 Å². The van der Waals surface area contributed by atoms with Gasteiger partial charge in [0.2, 0.25) is 0 Å². The van der Waals surface area contributed by atoms with Gasteiger partial charge in [0.1, 0.15) is 17.3 Å². The molecule has 1 aliphatic rings. The van der Waals surface area contributed by atoms with Gasteiger partial charge in [0, 0.05) is 42.7 Å². The number of hydrogen-bond acceptors (Lipinski definition) is 5. The molecule has 2 rings (SSSR count). The number of hydrogen-bond donors (Lipinski definition) is 2. The Labute approximate surface area is 160 Å². The van der Waals surface area contributed by atoms with Crippen molar-refractivity contribution in [3.8, 4) is 0 Å². The van der Waals surface area contributed by atoms with Crippen LogP contribution in [0.3, 0.4) is 0 Å². The minimum atomic E-state index is -2.72. The Kier molecular flexibility index (Phi) is 6.61. The van der Waals surface area contributed by atoms with Gasteiger partial charge >= 0.3 is 6.55 Å². The van der Waals surface area contributed by atoms with Crippen LogP contribution in [0.4, 0.5) is 23.4 Å². The lowest BCUT2D eigenvalue weighted by Crippen LogP contribution is -2.17. The summed E-state index contributed by atoms with van der Waals surface area (Å²) in [5, 5.41) is 3.00. The maximum Gasteiger partial charge on any atom is 0.314 e. The van der Waals surface area contributed by atoms with Gasteiger partial charge in [-0.1, -0.05) is 13.2 Å². The monoisotopic (exact) mass is 395 g/mol. The third-order valence-electron chi connectivity index (χ3n) is 4.07. The van der Waals surface area contributed by atoms with Crippen molar-refractivity contribution in [3.05, 3.63) is 71.9 Å². The van der Waals surface area contributed by atoms with Gasteiger partial charge in [-0.25, -0.2) is 18.8 Å². The lowest BCUT2D eigenvalue weighted by atomic mass is 9.99. The number of aliphatic imine (C=N–C) groups is 1. The fraction of sp³-hybridized carbons (Fsp3) is 0.263. The van der Waals surface area contributed by atoms with E-state index in [1.165, 1.54) is 19.1 Å². The molecule has 5 nitrogen and oxygen atoms in total. The van der Waals surface area contributed by atoms with Crippen LogP contribution in [0, 0.1) is 5.82 Å². The van der Waals surface area contributed by atoms with Gasteiger partial charge in [0.05, 0.1) is 6.20 Å². The first kappa shape index (κ1) is 21.2. The van der Waals surface area contributed by atoms with Gasteiger partial charge < -0.3 is 16.0 Å². The van der Waals surface area contributed by atoms with Crippen molar-refractivity contribution in [1.29, 1.82) is 0 Å². The zero-order valence-corrected chi connectivity index (χ0v) is 15.5. The van der Waals surface area contributed by atoms with Crippen LogP contribution in [0.25, 0.3) is 0 Å². The number of nitrogens with one attached hydrogen (secondary N) is 1. The van der Waals surface area contributed by atoms with E-state index in [1.807, 2.05) is 0 Å². The summed E-state index contributed by atoms with van der Waals surface area (Å²) >= 11 is 0. The molecule has 1 aliphatic heterocycles. The molecule has 3 N–H and O–H groups in total. The molecule has 1 aromatic rings. The van der Waals surface area contributed by atoms with Crippen LogP contribution in [0.5, 0.6) is 0 Å². The summed E-state index contributed by atoms with van der Waals surface area (Å²) in [4.78, 5) is 8.77. The van der Waals surface area contributed by atoms with Crippen molar-refractivity contribution in [1.82, 2.24) is 9.88 Å². The quantitative estimate of drug-likeness (QED) is 0.316. The van der Waals surface area contributed by atoms with Crippen molar-refractivity contribution in [2.75, 3.05) is 18.9 Å². The smallest absolute Gasteiger partial charge is 0.314 e.